The van der Waals surface area contributed by atoms with Crippen LogP contribution in [0, 0.1) is 6.92 Å². The van der Waals surface area contributed by atoms with E-state index in [2.05, 4.69) is 42.5 Å². The van der Waals surface area contributed by atoms with Crippen molar-refractivity contribution in [3.05, 3.63) is 56.5 Å². The fourth-order valence-corrected chi connectivity index (χ4v) is 3.73. The van der Waals surface area contributed by atoms with Gasteiger partial charge in [-0.3, -0.25) is 9.59 Å². The summed E-state index contributed by atoms with van der Waals surface area (Å²) in [5.74, 6) is 0.212. The second-order valence-corrected chi connectivity index (χ2v) is 7.08. The van der Waals surface area contributed by atoms with Crippen molar-refractivity contribution in [3.8, 4) is 5.75 Å². The van der Waals surface area contributed by atoms with Crippen molar-refractivity contribution in [2.75, 3.05) is 18.5 Å². The SMILES string of the molecule is CCNC(=O)c1ccc(NC(=O)COc2c(C)cc(Br)cc2Br)cc1. The highest BCUT2D eigenvalue weighted by Crippen LogP contribution is 2.32. The summed E-state index contributed by atoms with van der Waals surface area (Å²) in [5.41, 5.74) is 2.07. The molecule has 7 heteroatoms. The van der Waals surface area contributed by atoms with Gasteiger partial charge in [0.15, 0.2) is 6.61 Å². The second kappa shape index (κ2) is 9.01. The first kappa shape index (κ1) is 19.5. The van der Waals surface area contributed by atoms with E-state index in [1.807, 2.05) is 26.0 Å². The lowest BCUT2D eigenvalue weighted by molar-refractivity contribution is -0.118. The maximum absolute atomic E-state index is 12.1. The van der Waals surface area contributed by atoms with Crippen LogP contribution < -0.4 is 15.4 Å². The molecule has 132 valence electrons. The summed E-state index contributed by atoms with van der Waals surface area (Å²) in [6.45, 7) is 4.22. The van der Waals surface area contributed by atoms with Crippen molar-refractivity contribution < 1.29 is 14.3 Å². The van der Waals surface area contributed by atoms with E-state index in [9.17, 15) is 9.59 Å². The topological polar surface area (TPSA) is 67.4 Å². The maximum Gasteiger partial charge on any atom is 0.262 e. The number of amides is 2. The molecule has 0 saturated heterocycles. The lowest BCUT2D eigenvalue weighted by Crippen LogP contribution is -2.23. The molecule has 0 aliphatic heterocycles. The fourth-order valence-electron chi connectivity index (χ4n) is 2.17. The van der Waals surface area contributed by atoms with Crippen LogP contribution in [0.3, 0.4) is 0 Å². The molecule has 0 aromatic heterocycles. The van der Waals surface area contributed by atoms with E-state index < -0.39 is 0 Å². The van der Waals surface area contributed by atoms with E-state index in [0.29, 0.717) is 23.5 Å². The van der Waals surface area contributed by atoms with Gasteiger partial charge in [-0.15, -0.1) is 0 Å². The number of ether oxygens (including phenoxy) is 1. The van der Waals surface area contributed by atoms with Gasteiger partial charge in [-0.25, -0.2) is 0 Å². The normalized spacial score (nSPS) is 10.2. The summed E-state index contributed by atoms with van der Waals surface area (Å²) < 4.78 is 7.31. The van der Waals surface area contributed by atoms with Gasteiger partial charge >= 0.3 is 0 Å². The number of aryl methyl sites for hydroxylation is 1. The molecule has 0 aliphatic carbocycles. The zero-order valence-electron chi connectivity index (χ0n) is 13.9. The van der Waals surface area contributed by atoms with Crippen molar-refractivity contribution in [2.24, 2.45) is 0 Å². The van der Waals surface area contributed by atoms with Gasteiger partial charge in [-0.2, -0.15) is 0 Å². The van der Waals surface area contributed by atoms with Crippen molar-refractivity contribution in [1.82, 2.24) is 5.32 Å². The van der Waals surface area contributed by atoms with Crippen molar-refractivity contribution in [2.45, 2.75) is 13.8 Å². The molecule has 2 amide bonds. The predicted molar refractivity (Wildman–Crippen MR) is 105 cm³/mol. The molecule has 0 heterocycles. The number of hydrogen-bond acceptors (Lipinski definition) is 3. The molecular formula is C18H18Br2N2O3. The van der Waals surface area contributed by atoms with Crippen LogP contribution in [0.15, 0.2) is 45.3 Å². The standard InChI is InChI=1S/C18H18Br2N2O3/c1-3-21-18(24)12-4-6-14(7-5-12)22-16(23)10-25-17-11(2)8-13(19)9-15(17)20/h4-9H,3,10H2,1-2H3,(H,21,24)(H,22,23). The highest BCUT2D eigenvalue weighted by molar-refractivity contribution is 9.11. The first-order chi connectivity index (χ1) is 11.9. The molecule has 0 radical (unpaired) electrons. The average molecular weight is 470 g/mol. The van der Waals surface area contributed by atoms with Gasteiger partial charge in [0.2, 0.25) is 0 Å². The lowest BCUT2D eigenvalue weighted by Gasteiger charge is -2.12. The van der Waals surface area contributed by atoms with Crippen molar-refractivity contribution in [1.29, 1.82) is 0 Å². The minimum Gasteiger partial charge on any atom is -0.482 e. The molecule has 0 atom stereocenters. The molecule has 2 rings (SSSR count). The molecule has 25 heavy (non-hydrogen) atoms. The number of halogens is 2. The Morgan fingerprint density at radius 1 is 1.12 bits per heavy atom. The van der Waals surface area contributed by atoms with Crippen LogP contribution in [0.5, 0.6) is 5.75 Å². The van der Waals surface area contributed by atoms with Crippen LogP contribution in [0.25, 0.3) is 0 Å². The smallest absolute Gasteiger partial charge is 0.262 e. The zero-order valence-corrected chi connectivity index (χ0v) is 17.0. The largest absolute Gasteiger partial charge is 0.482 e. The van der Waals surface area contributed by atoms with Gasteiger partial charge < -0.3 is 15.4 Å². The van der Waals surface area contributed by atoms with Gasteiger partial charge in [0.05, 0.1) is 4.47 Å². The summed E-state index contributed by atoms with van der Waals surface area (Å²) in [6, 6.07) is 10.5. The highest BCUT2D eigenvalue weighted by atomic mass is 79.9. The van der Waals surface area contributed by atoms with Gasteiger partial charge in [0.1, 0.15) is 5.75 Å². The number of anilines is 1. The Kier molecular flexibility index (Phi) is 7.01. The average Bonchev–Trinajstić information content (AvgIpc) is 2.54. The zero-order chi connectivity index (χ0) is 18.4. The number of hydrogen-bond donors (Lipinski definition) is 2. The Morgan fingerprint density at radius 2 is 1.80 bits per heavy atom. The summed E-state index contributed by atoms with van der Waals surface area (Å²) in [6.07, 6.45) is 0. The number of carbonyl (C=O) groups excluding carboxylic acids is 2. The molecule has 0 fully saturated rings. The molecule has 0 aliphatic rings. The van der Waals surface area contributed by atoms with Crippen LogP contribution in [-0.4, -0.2) is 25.0 Å². The highest BCUT2D eigenvalue weighted by Gasteiger charge is 2.10. The van der Waals surface area contributed by atoms with E-state index in [1.54, 1.807) is 24.3 Å². The van der Waals surface area contributed by atoms with E-state index >= 15 is 0 Å². The van der Waals surface area contributed by atoms with Crippen LogP contribution in [0.1, 0.15) is 22.8 Å². The summed E-state index contributed by atoms with van der Waals surface area (Å²) in [5, 5.41) is 5.46. The molecule has 2 N–H and O–H groups in total. The molecular weight excluding hydrogens is 452 g/mol. The van der Waals surface area contributed by atoms with Crippen LogP contribution in [0.2, 0.25) is 0 Å². The number of carbonyl (C=O) groups is 2. The molecule has 2 aromatic rings. The fraction of sp³-hybridized carbons (Fsp3) is 0.222. The molecule has 0 bridgehead atoms. The Morgan fingerprint density at radius 3 is 2.40 bits per heavy atom. The Labute approximate surface area is 163 Å². The number of rotatable bonds is 6. The van der Waals surface area contributed by atoms with E-state index in [0.717, 1.165) is 14.5 Å². The number of benzene rings is 2. The number of nitrogens with one attached hydrogen (secondary N) is 2. The van der Waals surface area contributed by atoms with Crippen molar-refractivity contribution in [3.63, 3.8) is 0 Å². The monoisotopic (exact) mass is 468 g/mol. The van der Waals surface area contributed by atoms with Gasteiger partial charge in [0, 0.05) is 22.3 Å². The summed E-state index contributed by atoms with van der Waals surface area (Å²) in [7, 11) is 0. The Hall–Kier alpha value is -1.86. The molecule has 0 spiro atoms. The minimum atomic E-state index is -0.278. The molecule has 0 saturated carbocycles. The minimum absolute atomic E-state index is 0.112. The van der Waals surface area contributed by atoms with Crippen LogP contribution in [0.4, 0.5) is 5.69 Å². The van der Waals surface area contributed by atoms with Gasteiger partial charge in [0.25, 0.3) is 11.8 Å². The first-order valence-corrected chi connectivity index (χ1v) is 9.26. The van der Waals surface area contributed by atoms with Crippen LogP contribution in [-0.2, 0) is 4.79 Å². The summed E-state index contributed by atoms with van der Waals surface area (Å²) >= 11 is 6.83. The Balaban J connectivity index is 1.93. The van der Waals surface area contributed by atoms with Crippen LogP contribution >= 0.6 is 31.9 Å². The molecule has 5 nitrogen and oxygen atoms in total. The third-order valence-electron chi connectivity index (χ3n) is 3.31. The molecule has 0 unspecified atom stereocenters. The maximum atomic E-state index is 12.1. The lowest BCUT2D eigenvalue weighted by atomic mass is 10.2. The third-order valence-corrected chi connectivity index (χ3v) is 4.36. The van der Waals surface area contributed by atoms with Gasteiger partial charge in [-0.05, 0) is 71.7 Å². The second-order valence-electron chi connectivity index (χ2n) is 5.31. The first-order valence-electron chi connectivity index (χ1n) is 7.67. The van der Waals surface area contributed by atoms with E-state index in [1.165, 1.54) is 0 Å². The van der Waals surface area contributed by atoms with Gasteiger partial charge in [-0.1, -0.05) is 15.9 Å². The Bertz CT molecular complexity index is 753. The molecule has 2 aromatic carbocycles. The predicted octanol–water partition coefficient (Wildman–Crippen LogP) is 4.29. The van der Waals surface area contributed by atoms with E-state index in [4.69, 9.17) is 4.74 Å². The summed E-state index contributed by atoms with van der Waals surface area (Å²) in [4.78, 5) is 23.8. The van der Waals surface area contributed by atoms with E-state index in [-0.39, 0.29) is 18.4 Å². The quantitative estimate of drug-likeness (QED) is 0.663. The third kappa shape index (κ3) is 5.57. The van der Waals surface area contributed by atoms with Crippen molar-refractivity contribution >= 4 is 49.4 Å².